The van der Waals surface area contributed by atoms with Gasteiger partial charge in [-0.25, -0.2) is 12.8 Å². The molecule has 0 radical (unpaired) electrons. The number of hydrogen-bond donors (Lipinski definition) is 0. The van der Waals surface area contributed by atoms with Crippen LogP contribution in [0.5, 0.6) is 0 Å². The molecule has 128 valence electrons. The van der Waals surface area contributed by atoms with Crippen LogP contribution in [0.4, 0.5) is 10.1 Å². The van der Waals surface area contributed by atoms with Crippen LogP contribution >= 0.6 is 0 Å². The lowest BCUT2D eigenvalue weighted by atomic mass is 9.93. The number of hydrogen-bond acceptors (Lipinski definition) is 5. The first-order valence-corrected chi connectivity index (χ1v) is 9.47. The number of halogens is 1. The highest BCUT2D eigenvalue weighted by Crippen LogP contribution is 2.29. The van der Waals surface area contributed by atoms with Crippen LogP contribution in [0.2, 0.25) is 0 Å². The highest BCUT2D eigenvalue weighted by Gasteiger charge is 2.35. The highest BCUT2D eigenvalue weighted by atomic mass is 32.2. The maximum Gasteiger partial charge on any atom is 0.272 e. The Morgan fingerprint density at radius 1 is 1.35 bits per heavy atom. The lowest BCUT2D eigenvalue weighted by Crippen LogP contribution is -2.46. The lowest BCUT2D eigenvalue weighted by Gasteiger charge is -2.37. The molecule has 0 heterocycles. The maximum atomic E-state index is 14.0. The van der Waals surface area contributed by atoms with E-state index in [4.69, 9.17) is 0 Å². The number of nitro groups is 1. The average Bonchev–Trinajstić information content (AvgIpc) is 2.48. The molecule has 2 rings (SSSR count). The third-order valence-electron chi connectivity index (χ3n) is 4.45. The van der Waals surface area contributed by atoms with Gasteiger partial charge < -0.3 is 0 Å². The normalized spacial score (nSPS) is 22.3. The molecule has 1 saturated carbocycles. The summed E-state index contributed by atoms with van der Waals surface area (Å²) >= 11 is 0. The van der Waals surface area contributed by atoms with E-state index in [9.17, 15) is 22.9 Å². The summed E-state index contributed by atoms with van der Waals surface area (Å²) in [5.41, 5.74) is 0.0384. The molecule has 23 heavy (non-hydrogen) atoms. The smallest absolute Gasteiger partial charge is 0.272 e. The molecule has 1 aliphatic rings. The summed E-state index contributed by atoms with van der Waals surface area (Å²) in [5.74, 6) is -0.641. The largest absolute Gasteiger partial charge is 0.298 e. The zero-order chi connectivity index (χ0) is 17.2. The van der Waals surface area contributed by atoms with Crippen LogP contribution in [0.3, 0.4) is 0 Å². The summed E-state index contributed by atoms with van der Waals surface area (Å²) < 4.78 is 37.9. The van der Waals surface area contributed by atoms with Crippen molar-refractivity contribution in [3.05, 3.63) is 39.7 Å². The monoisotopic (exact) mass is 344 g/mol. The standard InChI is InChI=1S/C15H21FN2O4S/c1-17(14-5-3-4-6-15(14)23(2,21)22)10-11-7-8-12(18(19)20)9-13(11)16/h7-9,14-15H,3-6,10H2,1-2H3/t14-,15-/m0/s1. The molecule has 6 nitrogen and oxygen atoms in total. The SMILES string of the molecule is CN(Cc1ccc([N+](=O)[O-])cc1F)[C@H]1CCCC[C@@H]1S(C)(=O)=O. The van der Waals surface area contributed by atoms with Gasteiger partial charge >= 0.3 is 0 Å². The Kier molecular flexibility index (Phi) is 5.36. The first-order chi connectivity index (χ1) is 10.7. The van der Waals surface area contributed by atoms with Crippen molar-refractivity contribution in [1.82, 2.24) is 4.90 Å². The molecule has 1 aromatic rings. The Labute approximate surface area is 135 Å². The van der Waals surface area contributed by atoms with E-state index < -0.39 is 25.8 Å². The van der Waals surface area contributed by atoms with Crippen molar-refractivity contribution in [1.29, 1.82) is 0 Å². The van der Waals surface area contributed by atoms with Gasteiger partial charge in [-0.2, -0.15) is 0 Å². The van der Waals surface area contributed by atoms with Crippen molar-refractivity contribution < 1.29 is 17.7 Å². The van der Waals surface area contributed by atoms with E-state index in [1.165, 1.54) is 18.4 Å². The summed E-state index contributed by atoms with van der Waals surface area (Å²) in [5, 5.41) is 10.2. The van der Waals surface area contributed by atoms with Crippen LogP contribution in [0.15, 0.2) is 18.2 Å². The van der Waals surface area contributed by atoms with Crippen molar-refractivity contribution in [3.8, 4) is 0 Å². The number of sulfone groups is 1. The van der Waals surface area contributed by atoms with Crippen molar-refractivity contribution in [2.45, 2.75) is 43.5 Å². The summed E-state index contributed by atoms with van der Waals surface area (Å²) in [4.78, 5) is 11.9. The van der Waals surface area contributed by atoms with Gasteiger partial charge in [0.1, 0.15) is 5.82 Å². The second-order valence-electron chi connectivity index (χ2n) is 6.17. The topological polar surface area (TPSA) is 80.5 Å². The fourth-order valence-corrected chi connectivity index (χ4v) is 4.75. The molecule has 1 fully saturated rings. The molecule has 0 bridgehead atoms. The van der Waals surface area contributed by atoms with Gasteiger partial charge in [-0.3, -0.25) is 15.0 Å². The molecular formula is C15H21FN2O4S. The fourth-order valence-electron chi connectivity index (χ4n) is 3.24. The van der Waals surface area contributed by atoms with Gasteiger partial charge in [0.05, 0.1) is 16.2 Å². The number of non-ortho nitro benzene ring substituents is 1. The Morgan fingerprint density at radius 2 is 2.00 bits per heavy atom. The number of nitrogens with zero attached hydrogens (tertiary/aromatic N) is 2. The van der Waals surface area contributed by atoms with Crippen molar-refractivity contribution in [2.24, 2.45) is 0 Å². The van der Waals surface area contributed by atoms with Crippen LogP contribution in [0.25, 0.3) is 0 Å². The molecule has 0 unspecified atom stereocenters. The second-order valence-corrected chi connectivity index (χ2v) is 8.43. The molecule has 1 aromatic carbocycles. The van der Waals surface area contributed by atoms with Crippen LogP contribution in [-0.4, -0.2) is 42.8 Å². The van der Waals surface area contributed by atoms with Crippen molar-refractivity contribution in [2.75, 3.05) is 13.3 Å². The summed E-state index contributed by atoms with van der Waals surface area (Å²) in [6, 6.07) is 3.40. The van der Waals surface area contributed by atoms with E-state index in [0.717, 1.165) is 25.3 Å². The predicted molar refractivity (Wildman–Crippen MR) is 85.4 cm³/mol. The third-order valence-corrected chi connectivity index (χ3v) is 6.10. The number of benzene rings is 1. The Hall–Kier alpha value is -1.54. The number of nitro benzene ring substituents is 1. The van der Waals surface area contributed by atoms with Crippen LogP contribution in [-0.2, 0) is 16.4 Å². The van der Waals surface area contributed by atoms with Gasteiger partial charge in [-0.05, 0) is 26.0 Å². The first kappa shape index (κ1) is 17.8. The third kappa shape index (κ3) is 4.26. The summed E-state index contributed by atoms with van der Waals surface area (Å²) in [6.07, 6.45) is 4.45. The van der Waals surface area contributed by atoms with Crippen molar-refractivity contribution >= 4 is 15.5 Å². The van der Waals surface area contributed by atoms with E-state index in [-0.39, 0.29) is 18.3 Å². The van der Waals surface area contributed by atoms with Crippen LogP contribution in [0, 0.1) is 15.9 Å². The Balaban J connectivity index is 2.17. The minimum atomic E-state index is -3.17. The van der Waals surface area contributed by atoms with E-state index >= 15 is 0 Å². The van der Waals surface area contributed by atoms with Gasteiger partial charge in [0.25, 0.3) is 5.69 Å². The molecular weight excluding hydrogens is 323 g/mol. The van der Waals surface area contributed by atoms with E-state index in [1.807, 2.05) is 4.90 Å². The van der Waals surface area contributed by atoms with Gasteiger partial charge in [-0.15, -0.1) is 0 Å². The zero-order valence-corrected chi connectivity index (χ0v) is 14.1. The molecule has 0 amide bonds. The zero-order valence-electron chi connectivity index (χ0n) is 13.2. The maximum absolute atomic E-state index is 14.0. The first-order valence-electron chi connectivity index (χ1n) is 7.52. The average molecular weight is 344 g/mol. The van der Waals surface area contributed by atoms with E-state index in [0.29, 0.717) is 12.0 Å². The quantitative estimate of drug-likeness (QED) is 0.606. The summed E-state index contributed by atoms with van der Waals surface area (Å²) in [7, 11) is -1.39. The molecule has 0 aromatic heterocycles. The van der Waals surface area contributed by atoms with Crippen LogP contribution in [0.1, 0.15) is 31.2 Å². The van der Waals surface area contributed by atoms with E-state index in [2.05, 4.69) is 0 Å². The van der Waals surface area contributed by atoms with Gasteiger partial charge in [-0.1, -0.05) is 12.8 Å². The molecule has 0 aliphatic heterocycles. The van der Waals surface area contributed by atoms with Gasteiger partial charge in [0.15, 0.2) is 9.84 Å². The molecule has 0 N–H and O–H groups in total. The highest BCUT2D eigenvalue weighted by molar-refractivity contribution is 7.91. The predicted octanol–water partition coefficient (Wildman–Crippen LogP) is 2.52. The van der Waals surface area contributed by atoms with Gasteiger partial charge in [0, 0.05) is 30.5 Å². The Bertz CT molecular complexity index is 693. The van der Waals surface area contributed by atoms with Gasteiger partial charge in [0.2, 0.25) is 0 Å². The van der Waals surface area contributed by atoms with E-state index in [1.54, 1.807) is 7.05 Å². The Morgan fingerprint density at radius 3 is 2.57 bits per heavy atom. The molecule has 8 heteroatoms. The van der Waals surface area contributed by atoms with Crippen LogP contribution < -0.4 is 0 Å². The minimum absolute atomic E-state index is 0.159. The fraction of sp³-hybridized carbons (Fsp3) is 0.600. The summed E-state index contributed by atoms with van der Waals surface area (Å²) in [6.45, 7) is 0.223. The molecule has 0 saturated heterocycles. The molecule has 1 aliphatic carbocycles. The minimum Gasteiger partial charge on any atom is -0.298 e. The lowest BCUT2D eigenvalue weighted by molar-refractivity contribution is -0.385. The number of rotatable bonds is 5. The molecule has 0 spiro atoms. The van der Waals surface area contributed by atoms with Crippen molar-refractivity contribution in [3.63, 3.8) is 0 Å². The second kappa shape index (κ2) is 6.92. The molecule has 2 atom stereocenters.